The summed E-state index contributed by atoms with van der Waals surface area (Å²) in [5.74, 6) is 0.888. The summed E-state index contributed by atoms with van der Waals surface area (Å²) in [6.45, 7) is 5.20. The van der Waals surface area contributed by atoms with Crippen molar-refractivity contribution in [3.63, 3.8) is 0 Å². The molecule has 1 aliphatic heterocycles. The third-order valence-corrected chi connectivity index (χ3v) is 9.46. The molecular formula is C34H30F2N4O5S2. The van der Waals surface area contributed by atoms with Crippen molar-refractivity contribution in [2.24, 2.45) is 4.99 Å². The molecule has 1 aliphatic rings. The van der Waals surface area contributed by atoms with Crippen molar-refractivity contribution in [1.82, 2.24) is 9.55 Å². The Labute approximate surface area is 277 Å². The maximum Gasteiger partial charge on any atom is 0.338 e. The number of thioether (sulfide) groups is 1. The number of esters is 1. The average molecular weight is 677 g/mol. The number of methoxy groups -OCH3 is 2. The van der Waals surface area contributed by atoms with E-state index in [9.17, 15) is 23.6 Å². The van der Waals surface area contributed by atoms with Crippen LogP contribution in [-0.2, 0) is 15.3 Å². The number of hydrogen-bond acceptors (Lipinski definition) is 10. The molecule has 0 saturated heterocycles. The Hall–Kier alpha value is -4.80. The zero-order valence-electron chi connectivity index (χ0n) is 26.2. The highest BCUT2D eigenvalue weighted by Gasteiger charge is 2.33. The molecule has 0 saturated carbocycles. The lowest BCUT2D eigenvalue weighted by Crippen LogP contribution is -2.39. The number of thiazole rings is 1. The number of aryl methyl sites for hydroxylation is 1. The van der Waals surface area contributed by atoms with Gasteiger partial charge >= 0.3 is 5.97 Å². The summed E-state index contributed by atoms with van der Waals surface area (Å²) in [5.41, 5.74) is 2.74. The number of allylic oxidation sites excluding steroid dienone is 1. The van der Waals surface area contributed by atoms with Crippen LogP contribution in [0.3, 0.4) is 0 Å². The van der Waals surface area contributed by atoms with Gasteiger partial charge in [0.05, 0.1) is 48.2 Å². The molecule has 3 heterocycles. The number of aromatic nitrogens is 2. The second-order valence-electron chi connectivity index (χ2n) is 10.4. The second-order valence-corrected chi connectivity index (χ2v) is 12.4. The normalized spacial score (nSPS) is 14.4. The second kappa shape index (κ2) is 14.3. The molecule has 0 radical (unpaired) electrons. The maximum atomic E-state index is 14.0. The van der Waals surface area contributed by atoms with Gasteiger partial charge < -0.3 is 14.2 Å². The highest BCUT2D eigenvalue weighted by molar-refractivity contribution is 7.98. The minimum Gasteiger partial charge on any atom is -0.497 e. The Morgan fingerprint density at radius 2 is 1.89 bits per heavy atom. The standard InChI is InChI=1S/C34H30F2N4O5S2/c1-6-45-33(42)28-19(3)38-34-40(29(28)21-8-10-23(43-4)11-9-21)32(41)27(47-34)15-20-7-12-26(44-5)22(14-20)17-46-31-24(16-37)18(2)13-25(39-31)30(35)36/h7-15,29-30H,6,17H2,1-5H3/t29-/m0/s1. The van der Waals surface area contributed by atoms with Gasteiger partial charge in [0, 0.05) is 11.3 Å². The quantitative estimate of drug-likeness (QED) is 0.157. The van der Waals surface area contributed by atoms with Crippen LogP contribution in [0.15, 0.2) is 74.6 Å². The summed E-state index contributed by atoms with van der Waals surface area (Å²) in [6, 6.07) is 15.0. The summed E-state index contributed by atoms with van der Waals surface area (Å²) in [4.78, 5) is 36.3. The van der Waals surface area contributed by atoms with Crippen molar-refractivity contribution in [3.05, 3.63) is 113 Å². The molecule has 2 aromatic heterocycles. The molecule has 13 heteroatoms. The van der Waals surface area contributed by atoms with Gasteiger partial charge in [-0.15, -0.1) is 11.8 Å². The molecule has 0 spiro atoms. The van der Waals surface area contributed by atoms with E-state index in [0.717, 1.165) is 11.8 Å². The third-order valence-electron chi connectivity index (χ3n) is 7.45. The van der Waals surface area contributed by atoms with Gasteiger partial charge in [-0.05, 0) is 73.9 Å². The minimum atomic E-state index is -2.77. The molecule has 47 heavy (non-hydrogen) atoms. The van der Waals surface area contributed by atoms with E-state index in [-0.39, 0.29) is 34.1 Å². The first kappa shape index (κ1) is 33.6. The Morgan fingerprint density at radius 1 is 1.15 bits per heavy atom. The molecule has 4 aromatic rings. The number of carbonyl (C=O) groups excluding carboxylic acids is 1. The van der Waals surface area contributed by atoms with Gasteiger partial charge in [-0.2, -0.15) is 5.26 Å². The fraction of sp³-hybridized carbons (Fsp3) is 0.265. The Morgan fingerprint density at radius 3 is 2.53 bits per heavy atom. The number of halogens is 2. The van der Waals surface area contributed by atoms with Crippen molar-refractivity contribution < 1.29 is 27.8 Å². The lowest BCUT2D eigenvalue weighted by Gasteiger charge is -2.24. The zero-order valence-corrected chi connectivity index (χ0v) is 27.8. The number of alkyl halides is 2. The van der Waals surface area contributed by atoms with E-state index < -0.39 is 24.1 Å². The molecule has 0 amide bonds. The summed E-state index contributed by atoms with van der Waals surface area (Å²) in [5, 5.41) is 9.85. The van der Waals surface area contributed by atoms with Crippen LogP contribution < -0.4 is 24.4 Å². The number of rotatable bonds is 10. The molecule has 0 N–H and O–H groups in total. The largest absolute Gasteiger partial charge is 0.497 e. The Kier molecular flexibility index (Phi) is 10.2. The van der Waals surface area contributed by atoms with E-state index in [1.807, 2.05) is 6.07 Å². The summed E-state index contributed by atoms with van der Waals surface area (Å²) in [7, 11) is 3.08. The number of pyridine rings is 1. The maximum absolute atomic E-state index is 14.0. The molecule has 9 nitrogen and oxygen atoms in total. The molecule has 0 aliphatic carbocycles. The van der Waals surface area contributed by atoms with Crippen LogP contribution in [0.25, 0.3) is 6.08 Å². The van der Waals surface area contributed by atoms with E-state index in [4.69, 9.17) is 14.2 Å². The van der Waals surface area contributed by atoms with Crippen LogP contribution in [0.1, 0.15) is 59.8 Å². The van der Waals surface area contributed by atoms with E-state index in [1.54, 1.807) is 70.4 Å². The van der Waals surface area contributed by atoms with Crippen molar-refractivity contribution >= 4 is 35.1 Å². The van der Waals surface area contributed by atoms with E-state index in [0.29, 0.717) is 48.8 Å². The van der Waals surface area contributed by atoms with Crippen LogP contribution in [0.5, 0.6) is 11.5 Å². The van der Waals surface area contributed by atoms with Crippen molar-refractivity contribution in [2.45, 2.75) is 44.0 Å². The molecule has 1 atom stereocenters. The van der Waals surface area contributed by atoms with Crippen LogP contribution >= 0.6 is 23.1 Å². The number of hydrogen-bond donors (Lipinski definition) is 0. The van der Waals surface area contributed by atoms with Crippen molar-refractivity contribution in [3.8, 4) is 17.6 Å². The van der Waals surface area contributed by atoms with Gasteiger partial charge in [-0.25, -0.2) is 23.6 Å². The summed E-state index contributed by atoms with van der Waals surface area (Å²) in [6.07, 6.45) is -1.04. The van der Waals surface area contributed by atoms with Gasteiger partial charge in [0.25, 0.3) is 12.0 Å². The van der Waals surface area contributed by atoms with Gasteiger partial charge in [0.2, 0.25) is 0 Å². The van der Waals surface area contributed by atoms with Crippen LogP contribution in [-0.4, -0.2) is 36.3 Å². The minimum absolute atomic E-state index is 0.165. The highest BCUT2D eigenvalue weighted by Crippen LogP contribution is 2.34. The SMILES string of the molecule is CCOC(=O)C1=C(C)N=c2sc(=Cc3ccc(OC)c(CSc4nc(C(F)F)cc(C)c4C#N)c3)c(=O)n2[C@H]1c1ccc(OC)cc1. The first-order chi connectivity index (χ1) is 22.6. The smallest absolute Gasteiger partial charge is 0.338 e. The van der Waals surface area contributed by atoms with Gasteiger partial charge in [0.1, 0.15) is 28.3 Å². The molecular weight excluding hydrogens is 647 g/mol. The lowest BCUT2D eigenvalue weighted by molar-refractivity contribution is -0.139. The first-order valence-corrected chi connectivity index (χ1v) is 16.2. The van der Waals surface area contributed by atoms with E-state index in [2.05, 4.69) is 16.0 Å². The Balaban J connectivity index is 1.56. The number of ether oxygens (including phenoxy) is 3. The van der Waals surface area contributed by atoms with Gasteiger partial charge in [-0.3, -0.25) is 9.36 Å². The molecule has 0 fully saturated rings. The van der Waals surface area contributed by atoms with Crippen molar-refractivity contribution in [2.75, 3.05) is 20.8 Å². The lowest BCUT2D eigenvalue weighted by atomic mass is 9.96. The molecule has 0 bridgehead atoms. The first-order valence-electron chi connectivity index (χ1n) is 14.4. The number of fused-ring (bicyclic) bond motifs is 1. The van der Waals surface area contributed by atoms with Crippen LogP contribution in [0.4, 0.5) is 8.78 Å². The fourth-order valence-electron chi connectivity index (χ4n) is 5.21. The monoisotopic (exact) mass is 676 g/mol. The highest BCUT2D eigenvalue weighted by atomic mass is 32.2. The number of nitriles is 1. The number of nitrogens with zero attached hydrogens (tertiary/aromatic N) is 4. The zero-order chi connectivity index (χ0) is 33.8. The molecule has 242 valence electrons. The molecule has 2 aromatic carbocycles. The average Bonchev–Trinajstić information content (AvgIpc) is 3.36. The third kappa shape index (κ3) is 6.84. The van der Waals surface area contributed by atoms with E-state index in [1.165, 1.54) is 29.1 Å². The summed E-state index contributed by atoms with van der Waals surface area (Å²) >= 11 is 2.34. The predicted molar refractivity (Wildman–Crippen MR) is 175 cm³/mol. The van der Waals surface area contributed by atoms with Crippen LogP contribution in [0.2, 0.25) is 0 Å². The van der Waals surface area contributed by atoms with Crippen LogP contribution in [0, 0.1) is 18.3 Å². The molecule has 5 rings (SSSR count). The topological polar surface area (TPSA) is 116 Å². The fourth-order valence-corrected chi connectivity index (χ4v) is 7.30. The molecule has 0 unspecified atom stereocenters. The predicted octanol–water partition coefficient (Wildman–Crippen LogP) is 5.62. The Bertz CT molecular complexity index is 2100. The van der Waals surface area contributed by atoms with Gasteiger partial charge in [0.15, 0.2) is 4.80 Å². The van der Waals surface area contributed by atoms with Crippen molar-refractivity contribution in [1.29, 1.82) is 5.26 Å². The van der Waals surface area contributed by atoms with Gasteiger partial charge in [-0.1, -0.05) is 29.5 Å². The summed E-state index contributed by atoms with van der Waals surface area (Å²) < 4.78 is 45.0. The number of carbonyl (C=O) groups is 1. The number of benzene rings is 2. The van der Waals surface area contributed by atoms with E-state index >= 15 is 0 Å².